The molecule has 1 fully saturated rings. The zero-order valence-electron chi connectivity index (χ0n) is 13.0. The van der Waals surface area contributed by atoms with E-state index in [0.717, 1.165) is 25.9 Å². The Hall–Kier alpha value is -1.61. The minimum atomic E-state index is -0.456. The number of ether oxygens (including phenoxy) is 1. The minimum Gasteiger partial charge on any atom is -0.458 e. The van der Waals surface area contributed by atoms with E-state index in [2.05, 4.69) is 30.7 Å². The molecule has 1 atom stereocenters. The summed E-state index contributed by atoms with van der Waals surface area (Å²) in [6, 6.07) is 10.2. The van der Waals surface area contributed by atoms with Gasteiger partial charge in [-0.05, 0) is 12.6 Å². The molecule has 0 N–H and O–H groups in total. The van der Waals surface area contributed by atoms with Gasteiger partial charge in [0.05, 0.1) is 0 Å². The van der Waals surface area contributed by atoms with E-state index < -0.39 is 5.60 Å². The van der Waals surface area contributed by atoms with Gasteiger partial charge in [-0.15, -0.1) is 6.58 Å². The van der Waals surface area contributed by atoms with Gasteiger partial charge in [0.1, 0.15) is 5.60 Å². The van der Waals surface area contributed by atoms with Gasteiger partial charge >= 0.3 is 5.97 Å². The van der Waals surface area contributed by atoms with E-state index in [9.17, 15) is 4.79 Å². The molecule has 1 aliphatic heterocycles. The molecule has 0 bridgehead atoms. The molecule has 1 heterocycles. The van der Waals surface area contributed by atoms with E-state index in [0.29, 0.717) is 6.42 Å². The SMILES string of the molecule is C=CC(c1ccccc1)C1(OC(=O)CC)CCN(C)CC1. The zero-order valence-corrected chi connectivity index (χ0v) is 13.0. The Kier molecular flexibility index (Phi) is 5.18. The van der Waals surface area contributed by atoms with Crippen LogP contribution in [0.3, 0.4) is 0 Å². The van der Waals surface area contributed by atoms with Crippen molar-refractivity contribution in [3.8, 4) is 0 Å². The first kappa shape index (κ1) is 15.8. The topological polar surface area (TPSA) is 29.5 Å². The van der Waals surface area contributed by atoms with Crippen LogP contribution in [0.4, 0.5) is 0 Å². The van der Waals surface area contributed by atoms with Crippen LogP contribution in [0.15, 0.2) is 43.0 Å². The second kappa shape index (κ2) is 6.90. The maximum absolute atomic E-state index is 11.9. The Bertz CT molecular complexity index is 475. The van der Waals surface area contributed by atoms with Crippen LogP contribution in [0.2, 0.25) is 0 Å². The molecule has 1 unspecified atom stereocenters. The Labute approximate surface area is 127 Å². The highest BCUT2D eigenvalue weighted by Crippen LogP contribution is 2.40. The van der Waals surface area contributed by atoms with E-state index in [4.69, 9.17) is 4.74 Å². The summed E-state index contributed by atoms with van der Waals surface area (Å²) < 4.78 is 5.95. The fraction of sp³-hybridized carbons (Fsp3) is 0.500. The molecule has 1 saturated heterocycles. The summed E-state index contributed by atoms with van der Waals surface area (Å²) in [5, 5.41) is 0. The molecule has 0 aliphatic carbocycles. The lowest BCUT2D eigenvalue weighted by molar-refractivity contribution is -0.166. The predicted molar refractivity (Wildman–Crippen MR) is 85.2 cm³/mol. The van der Waals surface area contributed by atoms with Crippen molar-refractivity contribution >= 4 is 5.97 Å². The highest BCUT2D eigenvalue weighted by Gasteiger charge is 2.43. The first-order valence-corrected chi connectivity index (χ1v) is 7.69. The van der Waals surface area contributed by atoms with Crippen LogP contribution in [-0.2, 0) is 9.53 Å². The lowest BCUT2D eigenvalue weighted by atomic mass is 9.75. The molecule has 0 radical (unpaired) electrons. The molecule has 114 valence electrons. The van der Waals surface area contributed by atoms with Crippen molar-refractivity contribution in [2.45, 2.75) is 37.7 Å². The number of likely N-dealkylation sites (tertiary alicyclic amines) is 1. The first-order chi connectivity index (χ1) is 10.1. The number of rotatable bonds is 5. The van der Waals surface area contributed by atoms with Gasteiger partial charge < -0.3 is 9.64 Å². The lowest BCUT2D eigenvalue weighted by Crippen LogP contribution is -2.49. The smallest absolute Gasteiger partial charge is 0.306 e. The largest absolute Gasteiger partial charge is 0.458 e. The van der Waals surface area contributed by atoms with Crippen LogP contribution in [0.25, 0.3) is 0 Å². The fourth-order valence-corrected chi connectivity index (χ4v) is 3.09. The van der Waals surface area contributed by atoms with Crippen molar-refractivity contribution in [2.75, 3.05) is 20.1 Å². The number of carbonyl (C=O) groups excluding carboxylic acids is 1. The van der Waals surface area contributed by atoms with Crippen molar-refractivity contribution in [1.82, 2.24) is 4.90 Å². The first-order valence-electron chi connectivity index (χ1n) is 7.69. The Morgan fingerprint density at radius 3 is 2.52 bits per heavy atom. The van der Waals surface area contributed by atoms with Gasteiger partial charge in [-0.1, -0.05) is 43.3 Å². The summed E-state index contributed by atoms with van der Waals surface area (Å²) >= 11 is 0. The highest BCUT2D eigenvalue weighted by molar-refractivity contribution is 5.69. The molecule has 3 nitrogen and oxygen atoms in total. The summed E-state index contributed by atoms with van der Waals surface area (Å²) in [5.41, 5.74) is 0.712. The standard InChI is InChI=1S/C18H25NO2/c1-4-16(15-9-7-6-8-10-15)18(21-17(20)5-2)11-13-19(3)14-12-18/h4,6-10,16H,1,5,11-14H2,2-3H3. The van der Waals surface area contributed by atoms with Crippen LogP contribution in [0.5, 0.6) is 0 Å². The highest BCUT2D eigenvalue weighted by atomic mass is 16.6. The number of piperidine rings is 1. The molecule has 1 aliphatic rings. The van der Waals surface area contributed by atoms with Crippen LogP contribution in [-0.4, -0.2) is 36.6 Å². The van der Waals surface area contributed by atoms with Crippen LogP contribution < -0.4 is 0 Å². The quantitative estimate of drug-likeness (QED) is 0.614. The third-order valence-corrected chi connectivity index (χ3v) is 4.40. The van der Waals surface area contributed by atoms with Gasteiger partial charge in [0.2, 0.25) is 0 Å². The maximum atomic E-state index is 11.9. The third-order valence-electron chi connectivity index (χ3n) is 4.40. The van der Waals surface area contributed by atoms with E-state index >= 15 is 0 Å². The fourth-order valence-electron chi connectivity index (χ4n) is 3.09. The molecule has 2 rings (SSSR count). The van der Waals surface area contributed by atoms with Crippen LogP contribution in [0, 0.1) is 0 Å². The van der Waals surface area contributed by atoms with Crippen LogP contribution >= 0.6 is 0 Å². The molecule has 0 aromatic heterocycles. The van der Waals surface area contributed by atoms with Gasteiger partial charge in [0.15, 0.2) is 0 Å². The summed E-state index contributed by atoms with van der Waals surface area (Å²) in [7, 11) is 2.11. The number of nitrogens with zero attached hydrogens (tertiary/aromatic N) is 1. The van der Waals surface area contributed by atoms with Gasteiger partial charge in [0, 0.05) is 38.3 Å². The molecule has 0 amide bonds. The summed E-state index contributed by atoms with van der Waals surface area (Å²) in [4.78, 5) is 14.2. The van der Waals surface area contributed by atoms with Crippen molar-refractivity contribution in [1.29, 1.82) is 0 Å². The molecular formula is C18H25NO2. The molecule has 1 aromatic rings. The van der Waals surface area contributed by atoms with E-state index in [1.165, 1.54) is 5.56 Å². The molecule has 1 aromatic carbocycles. The van der Waals surface area contributed by atoms with Crippen molar-refractivity contribution in [2.24, 2.45) is 0 Å². The van der Waals surface area contributed by atoms with Crippen LogP contribution in [0.1, 0.15) is 37.7 Å². The van der Waals surface area contributed by atoms with E-state index in [1.54, 1.807) is 0 Å². The molecule has 3 heteroatoms. The average molecular weight is 287 g/mol. The van der Waals surface area contributed by atoms with Gasteiger partial charge in [-0.3, -0.25) is 4.79 Å². The molecular weight excluding hydrogens is 262 g/mol. The maximum Gasteiger partial charge on any atom is 0.306 e. The number of hydrogen-bond donors (Lipinski definition) is 0. The summed E-state index contributed by atoms with van der Waals surface area (Å²) in [6.45, 7) is 7.73. The van der Waals surface area contributed by atoms with Crippen molar-refractivity contribution in [3.05, 3.63) is 48.6 Å². The van der Waals surface area contributed by atoms with Gasteiger partial charge in [-0.2, -0.15) is 0 Å². The third kappa shape index (κ3) is 3.53. The second-order valence-electron chi connectivity index (χ2n) is 5.82. The lowest BCUT2D eigenvalue weighted by Gasteiger charge is -2.44. The van der Waals surface area contributed by atoms with Crippen molar-refractivity contribution in [3.63, 3.8) is 0 Å². The monoisotopic (exact) mass is 287 g/mol. The number of hydrogen-bond acceptors (Lipinski definition) is 3. The summed E-state index contributed by atoms with van der Waals surface area (Å²) in [5.74, 6) is -0.0785. The van der Waals surface area contributed by atoms with E-state index in [-0.39, 0.29) is 11.9 Å². The predicted octanol–water partition coefficient (Wildman–Crippen LogP) is 3.37. The second-order valence-corrected chi connectivity index (χ2v) is 5.82. The Balaban J connectivity index is 2.33. The minimum absolute atomic E-state index is 0.0444. The van der Waals surface area contributed by atoms with Gasteiger partial charge in [-0.25, -0.2) is 0 Å². The molecule has 21 heavy (non-hydrogen) atoms. The number of benzene rings is 1. The Morgan fingerprint density at radius 1 is 1.38 bits per heavy atom. The average Bonchev–Trinajstić information content (AvgIpc) is 2.52. The number of carbonyl (C=O) groups is 1. The number of esters is 1. The zero-order chi connectivity index (χ0) is 15.3. The molecule has 0 saturated carbocycles. The van der Waals surface area contributed by atoms with Gasteiger partial charge in [0.25, 0.3) is 0 Å². The van der Waals surface area contributed by atoms with E-state index in [1.807, 2.05) is 31.2 Å². The molecule has 0 spiro atoms. The van der Waals surface area contributed by atoms with Crippen molar-refractivity contribution < 1.29 is 9.53 Å². The normalized spacial score (nSPS) is 19.7. The summed E-state index contributed by atoms with van der Waals surface area (Å²) in [6.07, 6.45) is 4.04. The Morgan fingerprint density at radius 2 is 2.00 bits per heavy atom.